The van der Waals surface area contributed by atoms with Crippen LogP contribution in [0.4, 0.5) is 26.3 Å². The van der Waals surface area contributed by atoms with Crippen LogP contribution in [0.5, 0.6) is 5.75 Å². The average Bonchev–Trinajstić information content (AvgIpc) is 2.12. The van der Waals surface area contributed by atoms with Gasteiger partial charge in [-0.15, -0.1) is 13.2 Å². The zero-order valence-corrected chi connectivity index (χ0v) is 8.26. The standard InChI is InChI=1S/C9H4F6O3/c10-8(11,12)5-2-1-4(7(16)17)3-6(5)18-9(13,14)15/h1-3H,(H,16,17). The molecule has 0 fully saturated rings. The Balaban J connectivity index is 3.32. The molecule has 1 aromatic carbocycles. The van der Waals surface area contributed by atoms with E-state index < -0.39 is 35.4 Å². The molecule has 0 aliphatic rings. The van der Waals surface area contributed by atoms with Crippen LogP contribution in [0, 0.1) is 0 Å². The van der Waals surface area contributed by atoms with Gasteiger partial charge in [-0.2, -0.15) is 13.2 Å². The predicted molar refractivity (Wildman–Crippen MR) is 45.1 cm³/mol. The molecule has 0 saturated carbocycles. The molecule has 0 aliphatic heterocycles. The third kappa shape index (κ3) is 3.54. The SMILES string of the molecule is O=C(O)c1ccc(C(F)(F)F)c(OC(F)(F)F)c1. The highest BCUT2D eigenvalue weighted by Crippen LogP contribution is 2.38. The van der Waals surface area contributed by atoms with E-state index in [4.69, 9.17) is 5.11 Å². The molecule has 1 rings (SSSR count). The summed E-state index contributed by atoms with van der Waals surface area (Å²) in [5.74, 6) is -3.27. The van der Waals surface area contributed by atoms with Gasteiger partial charge in [0.2, 0.25) is 0 Å². The van der Waals surface area contributed by atoms with Crippen LogP contribution < -0.4 is 4.74 Å². The Morgan fingerprint density at radius 3 is 2.06 bits per heavy atom. The lowest BCUT2D eigenvalue weighted by Gasteiger charge is -2.15. The molecule has 100 valence electrons. The molecule has 0 heterocycles. The number of hydrogen-bond donors (Lipinski definition) is 1. The molecule has 18 heavy (non-hydrogen) atoms. The van der Waals surface area contributed by atoms with Gasteiger partial charge >= 0.3 is 18.5 Å². The molecule has 0 aromatic heterocycles. The van der Waals surface area contributed by atoms with Crippen molar-refractivity contribution in [2.24, 2.45) is 0 Å². The molecule has 0 amide bonds. The maximum absolute atomic E-state index is 12.4. The van der Waals surface area contributed by atoms with Crippen LogP contribution in [0.15, 0.2) is 18.2 Å². The molecule has 1 aromatic rings. The van der Waals surface area contributed by atoms with Crippen LogP contribution in [0.3, 0.4) is 0 Å². The summed E-state index contributed by atoms with van der Waals surface area (Å²) in [5.41, 5.74) is -2.45. The maximum Gasteiger partial charge on any atom is 0.573 e. The molecule has 1 N–H and O–H groups in total. The van der Waals surface area contributed by atoms with Crippen LogP contribution in [-0.2, 0) is 6.18 Å². The lowest BCUT2D eigenvalue weighted by atomic mass is 10.1. The molecule has 0 bridgehead atoms. The Morgan fingerprint density at radius 2 is 1.67 bits per heavy atom. The van der Waals surface area contributed by atoms with Gasteiger partial charge in [-0.25, -0.2) is 4.79 Å². The summed E-state index contributed by atoms with van der Waals surface area (Å²) in [6.07, 6.45) is -10.4. The largest absolute Gasteiger partial charge is 0.573 e. The Bertz CT molecular complexity index is 462. The Labute approximate surface area is 95.6 Å². The summed E-state index contributed by atoms with van der Waals surface area (Å²) in [7, 11) is 0. The number of alkyl halides is 6. The van der Waals surface area contributed by atoms with Gasteiger partial charge in [0, 0.05) is 0 Å². The molecule has 0 spiro atoms. The number of carboxylic acid groups (broad SMARTS) is 1. The van der Waals surface area contributed by atoms with Crippen LogP contribution in [-0.4, -0.2) is 17.4 Å². The highest BCUT2D eigenvalue weighted by Gasteiger charge is 2.39. The second-order valence-electron chi connectivity index (χ2n) is 3.06. The first-order valence-electron chi connectivity index (χ1n) is 4.21. The minimum absolute atomic E-state index is 0.165. The summed E-state index contributed by atoms with van der Waals surface area (Å²) in [4.78, 5) is 10.5. The third-order valence-corrected chi connectivity index (χ3v) is 1.76. The van der Waals surface area contributed by atoms with Crippen LogP contribution >= 0.6 is 0 Å². The topological polar surface area (TPSA) is 46.5 Å². The summed E-state index contributed by atoms with van der Waals surface area (Å²) >= 11 is 0. The fourth-order valence-corrected chi connectivity index (χ4v) is 1.10. The lowest BCUT2D eigenvalue weighted by Crippen LogP contribution is -2.20. The monoisotopic (exact) mass is 274 g/mol. The van der Waals surface area contributed by atoms with E-state index in [0.29, 0.717) is 6.07 Å². The van der Waals surface area contributed by atoms with Crippen molar-refractivity contribution in [1.82, 2.24) is 0 Å². The van der Waals surface area contributed by atoms with Crippen molar-refractivity contribution in [2.75, 3.05) is 0 Å². The van der Waals surface area contributed by atoms with Crippen molar-refractivity contribution in [3.63, 3.8) is 0 Å². The summed E-state index contributed by atoms with van der Waals surface area (Å²) in [6.45, 7) is 0. The zero-order valence-electron chi connectivity index (χ0n) is 8.26. The zero-order chi connectivity index (χ0) is 14.1. The van der Waals surface area contributed by atoms with Gasteiger partial charge < -0.3 is 9.84 Å². The van der Waals surface area contributed by atoms with Crippen molar-refractivity contribution in [3.05, 3.63) is 29.3 Å². The minimum Gasteiger partial charge on any atom is -0.478 e. The van der Waals surface area contributed by atoms with Gasteiger partial charge in [0.15, 0.2) is 0 Å². The third-order valence-electron chi connectivity index (χ3n) is 1.76. The molecular formula is C9H4F6O3. The normalized spacial score (nSPS) is 12.3. The minimum atomic E-state index is -5.35. The van der Waals surface area contributed by atoms with E-state index in [0.717, 1.165) is 0 Å². The van der Waals surface area contributed by atoms with E-state index >= 15 is 0 Å². The molecule has 3 nitrogen and oxygen atoms in total. The van der Waals surface area contributed by atoms with Crippen molar-refractivity contribution in [1.29, 1.82) is 0 Å². The lowest BCUT2D eigenvalue weighted by molar-refractivity contribution is -0.276. The number of hydrogen-bond acceptors (Lipinski definition) is 2. The van der Waals surface area contributed by atoms with Crippen LogP contribution in [0.25, 0.3) is 0 Å². The molecule has 0 atom stereocenters. The van der Waals surface area contributed by atoms with E-state index in [-0.39, 0.29) is 12.1 Å². The van der Waals surface area contributed by atoms with Gasteiger partial charge in [0.25, 0.3) is 0 Å². The Kier molecular flexibility index (Phi) is 3.45. The Hall–Kier alpha value is -1.93. The van der Waals surface area contributed by atoms with E-state index in [1.54, 1.807) is 0 Å². The smallest absolute Gasteiger partial charge is 0.478 e. The number of carboxylic acids is 1. The molecule has 0 saturated heterocycles. The van der Waals surface area contributed by atoms with Crippen molar-refractivity contribution in [2.45, 2.75) is 12.5 Å². The van der Waals surface area contributed by atoms with Gasteiger partial charge in [-0.3, -0.25) is 0 Å². The van der Waals surface area contributed by atoms with Gasteiger partial charge in [-0.05, 0) is 18.2 Å². The summed E-state index contributed by atoms with van der Waals surface area (Å²) in [5, 5.41) is 8.48. The molecule has 0 unspecified atom stereocenters. The first kappa shape index (κ1) is 14.1. The van der Waals surface area contributed by atoms with Crippen LogP contribution in [0.1, 0.15) is 15.9 Å². The van der Waals surface area contributed by atoms with Crippen LogP contribution in [0.2, 0.25) is 0 Å². The van der Waals surface area contributed by atoms with Crippen molar-refractivity contribution >= 4 is 5.97 Å². The predicted octanol–water partition coefficient (Wildman–Crippen LogP) is 3.30. The second kappa shape index (κ2) is 4.39. The second-order valence-corrected chi connectivity index (χ2v) is 3.06. The van der Waals surface area contributed by atoms with Crippen molar-refractivity contribution in [3.8, 4) is 5.75 Å². The number of ether oxygens (including phenoxy) is 1. The van der Waals surface area contributed by atoms with E-state index in [1.165, 1.54) is 0 Å². The molecule has 0 radical (unpaired) electrons. The van der Waals surface area contributed by atoms with Gasteiger partial charge in [0.05, 0.1) is 11.1 Å². The highest BCUT2D eigenvalue weighted by atomic mass is 19.4. The van der Waals surface area contributed by atoms with E-state index in [2.05, 4.69) is 4.74 Å². The fourth-order valence-electron chi connectivity index (χ4n) is 1.10. The van der Waals surface area contributed by atoms with E-state index in [1.807, 2.05) is 0 Å². The summed E-state index contributed by atoms with van der Waals surface area (Å²) < 4.78 is 76.0. The first-order valence-corrected chi connectivity index (χ1v) is 4.21. The molecule has 9 heteroatoms. The highest BCUT2D eigenvalue weighted by molar-refractivity contribution is 5.88. The van der Waals surface area contributed by atoms with Crippen molar-refractivity contribution < 1.29 is 41.0 Å². The van der Waals surface area contributed by atoms with Gasteiger partial charge in [0.1, 0.15) is 5.75 Å². The first-order chi connectivity index (χ1) is 8.00. The average molecular weight is 274 g/mol. The molecule has 0 aliphatic carbocycles. The number of rotatable bonds is 2. The quantitative estimate of drug-likeness (QED) is 0.841. The molecular weight excluding hydrogens is 270 g/mol. The number of halogens is 6. The number of aromatic carboxylic acids is 1. The number of carbonyl (C=O) groups is 1. The Morgan fingerprint density at radius 1 is 1.11 bits per heavy atom. The fraction of sp³-hybridized carbons (Fsp3) is 0.222. The number of benzene rings is 1. The maximum atomic E-state index is 12.4. The summed E-state index contributed by atoms with van der Waals surface area (Å²) in [6, 6.07) is 0.914. The van der Waals surface area contributed by atoms with E-state index in [9.17, 15) is 31.1 Å². The van der Waals surface area contributed by atoms with Gasteiger partial charge in [-0.1, -0.05) is 0 Å².